The molecule has 0 aliphatic rings. The summed E-state index contributed by atoms with van der Waals surface area (Å²) in [6.45, 7) is 2.33. The molecular formula is C13H18N2O3. The Hall–Kier alpha value is -1.88. The summed E-state index contributed by atoms with van der Waals surface area (Å²) in [6.07, 6.45) is 0.683. The Morgan fingerprint density at radius 3 is 2.39 bits per heavy atom. The first-order chi connectivity index (χ1) is 8.54. The number of carboxylic acids is 1. The maximum Gasteiger partial charge on any atom is 0.335 e. The molecule has 98 valence electrons. The predicted molar refractivity (Wildman–Crippen MR) is 68.6 cm³/mol. The van der Waals surface area contributed by atoms with Gasteiger partial charge in [-0.2, -0.15) is 0 Å². The second-order valence-corrected chi connectivity index (χ2v) is 4.05. The van der Waals surface area contributed by atoms with Crippen LogP contribution in [-0.2, 0) is 11.2 Å². The molecule has 5 nitrogen and oxygen atoms in total. The Morgan fingerprint density at radius 1 is 1.28 bits per heavy atom. The molecule has 1 atom stereocenters. The van der Waals surface area contributed by atoms with Gasteiger partial charge in [0, 0.05) is 6.54 Å². The Labute approximate surface area is 106 Å². The molecule has 0 saturated heterocycles. The molecule has 1 rings (SSSR count). The lowest BCUT2D eigenvalue weighted by Gasteiger charge is -2.10. The number of rotatable bonds is 6. The third kappa shape index (κ3) is 4.18. The van der Waals surface area contributed by atoms with E-state index in [0.717, 1.165) is 5.56 Å². The molecule has 5 heteroatoms. The molecule has 0 aliphatic carbocycles. The first kappa shape index (κ1) is 14.2. The zero-order chi connectivity index (χ0) is 13.5. The van der Waals surface area contributed by atoms with Crippen LogP contribution in [0.1, 0.15) is 22.8 Å². The van der Waals surface area contributed by atoms with Crippen LogP contribution in [0, 0.1) is 0 Å². The number of carbonyl (C=O) groups is 2. The van der Waals surface area contributed by atoms with Gasteiger partial charge in [-0.25, -0.2) is 4.79 Å². The van der Waals surface area contributed by atoms with E-state index < -0.39 is 5.97 Å². The number of carboxylic acid groups (broad SMARTS) is 1. The molecule has 1 amide bonds. The summed E-state index contributed by atoms with van der Waals surface area (Å²) in [6, 6.07) is 6.44. The quantitative estimate of drug-likeness (QED) is 0.692. The molecule has 0 bridgehead atoms. The molecule has 1 aromatic rings. The Morgan fingerprint density at radius 2 is 1.89 bits per heavy atom. The van der Waals surface area contributed by atoms with Crippen molar-refractivity contribution in [1.82, 2.24) is 10.6 Å². The number of hydrogen-bond donors (Lipinski definition) is 3. The zero-order valence-corrected chi connectivity index (χ0v) is 10.6. The van der Waals surface area contributed by atoms with E-state index >= 15 is 0 Å². The summed E-state index contributed by atoms with van der Waals surface area (Å²) in [4.78, 5) is 22.1. The van der Waals surface area contributed by atoms with E-state index in [0.29, 0.717) is 13.0 Å². The molecule has 1 unspecified atom stereocenters. The molecule has 0 fully saturated rings. The number of likely N-dealkylation sites (N-methyl/N-ethyl adjacent to an activating group) is 1. The minimum absolute atomic E-state index is 0.0420. The van der Waals surface area contributed by atoms with Gasteiger partial charge in [0.15, 0.2) is 0 Å². The van der Waals surface area contributed by atoms with Crippen LogP contribution in [0.2, 0.25) is 0 Å². The molecule has 3 N–H and O–H groups in total. The highest BCUT2D eigenvalue weighted by atomic mass is 16.4. The summed E-state index contributed by atoms with van der Waals surface area (Å²) < 4.78 is 0. The van der Waals surface area contributed by atoms with E-state index in [1.54, 1.807) is 38.2 Å². The first-order valence-corrected chi connectivity index (χ1v) is 5.82. The van der Waals surface area contributed by atoms with Gasteiger partial charge < -0.3 is 15.7 Å². The largest absolute Gasteiger partial charge is 0.478 e. The highest BCUT2D eigenvalue weighted by molar-refractivity contribution is 5.87. The van der Waals surface area contributed by atoms with Gasteiger partial charge in [-0.3, -0.25) is 4.79 Å². The van der Waals surface area contributed by atoms with Crippen molar-refractivity contribution in [3.05, 3.63) is 35.4 Å². The van der Waals surface area contributed by atoms with Crippen LogP contribution in [0.3, 0.4) is 0 Å². The summed E-state index contributed by atoms with van der Waals surface area (Å²) >= 11 is 0. The van der Waals surface area contributed by atoms with Crippen molar-refractivity contribution >= 4 is 11.9 Å². The molecule has 1 aromatic carbocycles. The minimum atomic E-state index is -0.933. The van der Waals surface area contributed by atoms with Gasteiger partial charge in [0.1, 0.15) is 0 Å². The third-order valence-corrected chi connectivity index (χ3v) is 2.74. The summed E-state index contributed by atoms with van der Waals surface area (Å²) in [5.41, 5.74) is 1.27. The van der Waals surface area contributed by atoms with Crippen molar-refractivity contribution in [2.75, 3.05) is 13.6 Å². The monoisotopic (exact) mass is 250 g/mol. The first-order valence-electron chi connectivity index (χ1n) is 5.82. The number of nitrogens with one attached hydrogen (secondary N) is 2. The fourth-order valence-electron chi connectivity index (χ4n) is 1.43. The highest BCUT2D eigenvalue weighted by Crippen LogP contribution is 2.04. The number of hydrogen-bond acceptors (Lipinski definition) is 3. The second kappa shape index (κ2) is 6.76. The second-order valence-electron chi connectivity index (χ2n) is 4.05. The maximum atomic E-state index is 11.5. The van der Waals surface area contributed by atoms with Gasteiger partial charge in [0.2, 0.25) is 5.91 Å². The van der Waals surface area contributed by atoms with Crippen molar-refractivity contribution in [1.29, 1.82) is 0 Å². The van der Waals surface area contributed by atoms with Crippen LogP contribution in [0.5, 0.6) is 0 Å². The van der Waals surface area contributed by atoms with Crippen LogP contribution in [-0.4, -0.2) is 36.6 Å². The Balaban J connectivity index is 2.40. The molecule has 0 aromatic heterocycles. The topological polar surface area (TPSA) is 78.4 Å². The molecule has 18 heavy (non-hydrogen) atoms. The standard InChI is InChI=1S/C13H18N2O3/c1-9(14-2)12(16)15-8-7-10-3-5-11(6-4-10)13(17)18/h3-6,9,14H,7-8H2,1-2H3,(H,15,16)(H,17,18). The van der Waals surface area contributed by atoms with E-state index in [4.69, 9.17) is 5.11 Å². The fourth-order valence-corrected chi connectivity index (χ4v) is 1.43. The summed E-state index contributed by atoms with van der Waals surface area (Å²) in [7, 11) is 1.73. The van der Waals surface area contributed by atoms with E-state index in [2.05, 4.69) is 10.6 Å². The normalized spacial score (nSPS) is 11.9. The predicted octanol–water partition coefficient (Wildman–Crippen LogP) is 0.651. The van der Waals surface area contributed by atoms with E-state index in [-0.39, 0.29) is 17.5 Å². The lowest BCUT2D eigenvalue weighted by Crippen LogP contribution is -2.41. The van der Waals surface area contributed by atoms with Crippen molar-refractivity contribution in [2.24, 2.45) is 0 Å². The van der Waals surface area contributed by atoms with Gasteiger partial charge in [0.25, 0.3) is 0 Å². The number of carbonyl (C=O) groups excluding carboxylic acids is 1. The third-order valence-electron chi connectivity index (χ3n) is 2.74. The van der Waals surface area contributed by atoms with Crippen molar-refractivity contribution < 1.29 is 14.7 Å². The Bertz CT molecular complexity index is 415. The van der Waals surface area contributed by atoms with Crippen LogP contribution in [0.25, 0.3) is 0 Å². The SMILES string of the molecule is CNC(C)C(=O)NCCc1ccc(C(=O)O)cc1. The summed E-state index contributed by atoms with van der Waals surface area (Å²) in [5.74, 6) is -0.975. The van der Waals surface area contributed by atoms with E-state index in [1.165, 1.54) is 0 Å². The number of amides is 1. The van der Waals surface area contributed by atoms with Crippen LogP contribution in [0.15, 0.2) is 24.3 Å². The van der Waals surface area contributed by atoms with Crippen molar-refractivity contribution in [2.45, 2.75) is 19.4 Å². The van der Waals surface area contributed by atoms with Crippen LogP contribution in [0.4, 0.5) is 0 Å². The molecular weight excluding hydrogens is 232 g/mol. The molecule has 0 radical (unpaired) electrons. The van der Waals surface area contributed by atoms with Crippen LogP contribution >= 0.6 is 0 Å². The Kier molecular flexibility index (Phi) is 5.32. The molecule has 0 heterocycles. The molecule has 0 aliphatic heterocycles. The molecule has 0 saturated carbocycles. The maximum absolute atomic E-state index is 11.5. The van der Waals surface area contributed by atoms with Gasteiger partial charge in [-0.1, -0.05) is 12.1 Å². The fraction of sp³-hybridized carbons (Fsp3) is 0.385. The van der Waals surface area contributed by atoms with E-state index in [9.17, 15) is 9.59 Å². The average molecular weight is 250 g/mol. The van der Waals surface area contributed by atoms with Gasteiger partial charge in [-0.15, -0.1) is 0 Å². The lowest BCUT2D eigenvalue weighted by atomic mass is 10.1. The number of benzene rings is 1. The average Bonchev–Trinajstić information content (AvgIpc) is 2.38. The van der Waals surface area contributed by atoms with E-state index in [1.807, 2.05) is 0 Å². The van der Waals surface area contributed by atoms with Crippen molar-refractivity contribution in [3.63, 3.8) is 0 Å². The smallest absolute Gasteiger partial charge is 0.335 e. The van der Waals surface area contributed by atoms with Crippen LogP contribution < -0.4 is 10.6 Å². The van der Waals surface area contributed by atoms with Gasteiger partial charge in [0.05, 0.1) is 11.6 Å². The highest BCUT2D eigenvalue weighted by Gasteiger charge is 2.08. The zero-order valence-electron chi connectivity index (χ0n) is 10.6. The summed E-state index contributed by atoms with van der Waals surface area (Å²) in [5, 5.41) is 14.4. The molecule has 0 spiro atoms. The number of aromatic carboxylic acids is 1. The van der Waals surface area contributed by atoms with Gasteiger partial charge in [-0.05, 0) is 38.1 Å². The van der Waals surface area contributed by atoms with Crippen molar-refractivity contribution in [3.8, 4) is 0 Å². The lowest BCUT2D eigenvalue weighted by molar-refractivity contribution is -0.122. The minimum Gasteiger partial charge on any atom is -0.478 e. The van der Waals surface area contributed by atoms with Gasteiger partial charge >= 0.3 is 5.97 Å².